The van der Waals surface area contributed by atoms with Crippen molar-refractivity contribution in [2.24, 2.45) is 0 Å². The molecule has 25 heavy (non-hydrogen) atoms. The van der Waals surface area contributed by atoms with Gasteiger partial charge in [-0.1, -0.05) is 18.2 Å². The maximum atomic E-state index is 12.5. The number of benzene rings is 2. The summed E-state index contributed by atoms with van der Waals surface area (Å²) in [6.07, 6.45) is 0. The molecule has 0 spiro atoms. The van der Waals surface area contributed by atoms with Gasteiger partial charge in [0.1, 0.15) is 5.58 Å². The van der Waals surface area contributed by atoms with Crippen LogP contribution in [0.15, 0.2) is 62.2 Å². The third-order valence-electron chi connectivity index (χ3n) is 4.08. The first-order valence-corrected chi connectivity index (χ1v) is 7.69. The van der Waals surface area contributed by atoms with Gasteiger partial charge >= 0.3 is 5.76 Å². The molecule has 2 heterocycles. The maximum absolute atomic E-state index is 12.5. The lowest BCUT2D eigenvalue weighted by Crippen LogP contribution is -2.19. The van der Waals surface area contributed by atoms with Crippen LogP contribution in [0.25, 0.3) is 22.1 Å². The standard InChI is InChI=1S/C19H13NO5/c1-11(21)12-6-7-14-17(8-12)25-19(23)20(14)10-15(22)18-9-13-4-2-3-5-16(13)24-18/h2-9H,10H2,1H3. The second-order valence-corrected chi connectivity index (χ2v) is 5.76. The van der Waals surface area contributed by atoms with Crippen LogP contribution in [0.2, 0.25) is 0 Å². The monoisotopic (exact) mass is 335 g/mol. The lowest BCUT2D eigenvalue weighted by Gasteiger charge is -2.00. The van der Waals surface area contributed by atoms with Crippen molar-refractivity contribution >= 4 is 33.6 Å². The number of para-hydroxylation sites is 1. The summed E-state index contributed by atoms with van der Waals surface area (Å²) < 4.78 is 11.9. The number of furan rings is 1. The van der Waals surface area contributed by atoms with Crippen molar-refractivity contribution in [3.63, 3.8) is 0 Å². The largest absolute Gasteiger partial charge is 0.453 e. The van der Waals surface area contributed by atoms with Gasteiger partial charge in [0.25, 0.3) is 0 Å². The van der Waals surface area contributed by atoms with Gasteiger partial charge in [0, 0.05) is 10.9 Å². The first-order chi connectivity index (χ1) is 12.0. The molecule has 4 aromatic rings. The Kier molecular flexibility index (Phi) is 3.39. The third-order valence-corrected chi connectivity index (χ3v) is 4.08. The van der Waals surface area contributed by atoms with Crippen LogP contribution in [0, 0.1) is 0 Å². The van der Waals surface area contributed by atoms with Crippen molar-refractivity contribution in [1.82, 2.24) is 4.57 Å². The molecule has 0 radical (unpaired) electrons. The highest BCUT2D eigenvalue weighted by Gasteiger charge is 2.18. The Bertz CT molecular complexity index is 1160. The summed E-state index contributed by atoms with van der Waals surface area (Å²) in [5, 5.41) is 0.821. The molecule has 0 N–H and O–H groups in total. The number of carbonyl (C=O) groups is 2. The summed E-state index contributed by atoms with van der Waals surface area (Å²) in [6, 6.07) is 13.6. The fourth-order valence-electron chi connectivity index (χ4n) is 2.78. The highest BCUT2D eigenvalue weighted by atomic mass is 16.4. The number of hydrogen-bond donors (Lipinski definition) is 0. The van der Waals surface area contributed by atoms with E-state index in [0.29, 0.717) is 16.7 Å². The number of rotatable bonds is 4. The smallest absolute Gasteiger partial charge is 0.420 e. The molecule has 0 amide bonds. The van der Waals surface area contributed by atoms with E-state index in [1.54, 1.807) is 24.3 Å². The predicted molar refractivity (Wildman–Crippen MR) is 91.0 cm³/mol. The summed E-state index contributed by atoms with van der Waals surface area (Å²) >= 11 is 0. The molecule has 0 aliphatic heterocycles. The van der Waals surface area contributed by atoms with E-state index in [-0.39, 0.29) is 29.5 Å². The molecule has 6 nitrogen and oxygen atoms in total. The second kappa shape index (κ2) is 5.59. The quantitative estimate of drug-likeness (QED) is 0.534. The normalized spacial score (nSPS) is 11.2. The zero-order valence-corrected chi connectivity index (χ0v) is 13.3. The van der Waals surface area contributed by atoms with E-state index in [2.05, 4.69) is 0 Å². The SMILES string of the molecule is CC(=O)c1ccc2c(c1)oc(=O)n2CC(=O)c1cc2ccccc2o1. The number of nitrogens with zero attached hydrogens (tertiary/aromatic N) is 1. The van der Waals surface area contributed by atoms with Gasteiger partial charge in [-0.25, -0.2) is 4.79 Å². The molecule has 0 saturated carbocycles. The Balaban J connectivity index is 1.72. The van der Waals surface area contributed by atoms with Gasteiger partial charge in [-0.15, -0.1) is 0 Å². The molecule has 2 aromatic heterocycles. The molecule has 0 saturated heterocycles. The van der Waals surface area contributed by atoms with Gasteiger partial charge in [-0.05, 0) is 37.3 Å². The number of Topliss-reactive ketones (excluding diaryl/α,β-unsaturated/α-hetero) is 2. The average molecular weight is 335 g/mol. The Morgan fingerprint density at radius 3 is 2.56 bits per heavy atom. The molecule has 2 aromatic carbocycles. The molecule has 0 aliphatic rings. The Hall–Kier alpha value is -3.41. The van der Waals surface area contributed by atoms with E-state index >= 15 is 0 Å². The first kappa shape index (κ1) is 15.1. The average Bonchev–Trinajstić information content (AvgIpc) is 3.15. The molecule has 124 valence electrons. The van der Waals surface area contributed by atoms with Gasteiger partial charge in [0.15, 0.2) is 17.1 Å². The van der Waals surface area contributed by atoms with Crippen molar-refractivity contribution in [3.05, 3.63) is 70.4 Å². The summed E-state index contributed by atoms with van der Waals surface area (Å²) in [6.45, 7) is 1.23. The number of hydrogen-bond acceptors (Lipinski definition) is 5. The van der Waals surface area contributed by atoms with Crippen LogP contribution in [-0.4, -0.2) is 16.1 Å². The minimum atomic E-state index is -0.653. The lowest BCUT2D eigenvalue weighted by molar-refractivity contribution is 0.0945. The number of oxazole rings is 1. The molecule has 4 rings (SSSR count). The van der Waals surface area contributed by atoms with E-state index in [9.17, 15) is 14.4 Å². The van der Waals surface area contributed by atoms with Crippen LogP contribution in [0.5, 0.6) is 0 Å². The van der Waals surface area contributed by atoms with Crippen molar-refractivity contribution < 1.29 is 18.4 Å². The van der Waals surface area contributed by atoms with Gasteiger partial charge in [-0.3, -0.25) is 14.2 Å². The number of carbonyl (C=O) groups excluding carboxylic acids is 2. The van der Waals surface area contributed by atoms with E-state index in [4.69, 9.17) is 8.83 Å². The van der Waals surface area contributed by atoms with Crippen LogP contribution >= 0.6 is 0 Å². The zero-order chi connectivity index (χ0) is 17.6. The molecule has 0 atom stereocenters. The molecule has 6 heteroatoms. The van der Waals surface area contributed by atoms with E-state index < -0.39 is 5.76 Å². The molecular weight excluding hydrogens is 322 g/mol. The maximum Gasteiger partial charge on any atom is 0.420 e. The van der Waals surface area contributed by atoms with Crippen molar-refractivity contribution in [2.75, 3.05) is 0 Å². The Morgan fingerprint density at radius 2 is 1.80 bits per heavy atom. The highest BCUT2D eigenvalue weighted by molar-refractivity contribution is 5.99. The molecule has 0 aliphatic carbocycles. The number of aromatic nitrogens is 1. The van der Waals surface area contributed by atoms with E-state index in [1.807, 2.05) is 18.2 Å². The zero-order valence-electron chi connectivity index (χ0n) is 13.3. The molecular formula is C19H13NO5. The van der Waals surface area contributed by atoms with Crippen molar-refractivity contribution in [1.29, 1.82) is 0 Å². The van der Waals surface area contributed by atoms with Crippen molar-refractivity contribution in [3.8, 4) is 0 Å². The van der Waals surface area contributed by atoms with Crippen LogP contribution in [0.1, 0.15) is 27.8 Å². The Morgan fingerprint density at radius 1 is 1.00 bits per heavy atom. The number of fused-ring (bicyclic) bond motifs is 2. The van der Waals surface area contributed by atoms with Gasteiger partial charge in [0.2, 0.25) is 5.78 Å². The minimum absolute atomic E-state index is 0.129. The van der Waals surface area contributed by atoms with Gasteiger partial charge in [0.05, 0.1) is 12.1 Å². The molecule has 0 bridgehead atoms. The Labute approximate surface area is 141 Å². The van der Waals surface area contributed by atoms with Gasteiger partial charge in [-0.2, -0.15) is 0 Å². The summed E-state index contributed by atoms with van der Waals surface area (Å²) in [4.78, 5) is 36.0. The van der Waals surface area contributed by atoms with E-state index in [0.717, 1.165) is 5.39 Å². The second-order valence-electron chi connectivity index (χ2n) is 5.76. The van der Waals surface area contributed by atoms with Crippen LogP contribution in [-0.2, 0) is 6.54 Å². The summed E-state index contributed by atoms with van der Waals surface area (Å²) in [5.41, 5.74) is 1.79. The summed E-state index contributed by atoms with van der Waals surface area (Å²) in [5.74, 6) is -0.935. The fraction of sp³-hybridized carbons (Fsp3) is 0.105. The van der Waals surface area contributed by atoms with Crippen LogP contribution in [0.3, 0.4) is 0 Å². The van der Waals surface area contributed by atoms with Crippen LogP contribution in [0.4, 0.5) is 0 Å². The van der Waals surface area contributed by atoms with Crippen LogP contribution < -0.4 is 5.76 Å². The minimum Gasteiger partial charge on any atom is -0.453 e. The fourth-order valence-corrected chi connectivity index (χ4v) is 2.78. The van der Waals surface area contributed by atoms with Gasteiger partial charge < -0.3 is 8.83 Å². The third kappa shape index (κ3) is 2.57. The highest BCUT2D eigenvalue weighted by Crippen LogP contribution is 2.21. The van der Waals surface area contributed by atoms with Crippen molar-refractivity contribution in [2.45, 2.75) is 13.5 Å². The number of ketones is 2. The topological polar surface area (TPSA) is 82.4 Å². The molecule has 0 unspecified atom stereocenters. The molecule has 0 fully saturated rings. The van der Waals surface area contributed by atoms with E-state index in [1.165, 1.54) is 17.6 Å². The first-order valence-electron chi connectivity index (χ1n) is 7.69. The predicted octanol–water partition coefficient (Wildman–Crippen LogP) is 3.43. The summed E-state index contributed by atoms with van der Waals surface area (Å²) in [7, 11) is 0. The lowest BCUT2D eigenvalue weighted by atomic mass is 10.1.